The zero-order valence-electron chi connectivity index (χ0n) is 18.0. The molecule has 0 aromatic heterocycles. The molecule has 30 heavy (non-hydrogen) atoms. The van der Waals surface area contributed by atoms with Gasteiger partial charge in [-0.25, -0.2) is 8.42 Å². The fourth-order valence-electron chi connectivity index (χ4n) is 3.00. The van der Waals surface area contributed by atoms with E-state index in [9.17, 15) is 8.42 Å². The SMILES string of the molecule is CCC(CS(=O)(=O)c1ccccc1)NC(=NC)NCCCOC(C)c1ccccc1. The van der Waals surface area contributed by atoms with Gasteiger partial charge in [0.2, 0.25) is 0 Å². The van der Waals surface area contributed by atoms with Gasteiger partial charge in [-0.3, -0.25) is 4.99 Å². The van der Waals surface area contributed by atoms with Crippen LogP contribution >= 0.6 is 0 Å². The van der Waals surface area contributed by atoms with Crippen LogP contribution in [0.1, 0.15) is 38.4 Å². The number of guanidine groups is 1. The molecule has 0 bridgehead atoms. The number of nitrogens with zero attached hydrogens (tertiary/aromatic N) is 1. The van der Waals surface area contributed by atoms with E-state index in [1.165, 1.54) is 0 Å². The molecule has 0 radical (unpaired) electrons. The maximum atomic E-state index is 12.6. The minimum absolute atomic E-state index is 0.0198. The summed E-state index contributed by atoms with van der Waals surface area (Å²) in [7, 11) is -1.67. The smallest absolute Gasteiger partial charge is 0.191 e. The molecule has 0 heterocycles. The van der Waals surface area contributed by atoms with Gasteiger partial charge in [-0.15, -0.1) is 0 Å². The minimum atomic E-state index is -3.36. The van der Waals surface area contributed by atoms with Crippen molar-refractivity contribution in [1.82, 2.24) is 10.6 Å². The summed E-state index contributed by atoms with van der Waals surface area (Å²) in [5, 5.41) is 6.46. The van der Waals surface area contributed by atoms with Gasteiger partial charge in [0.25, 0.3) is 0 Å². The Kier molecular flexibility index (Phi) is 9.83. The molecule has 2 aromatic carbocycles. The highest BCUT2D eigenvalue weighted by molar-refractivity contribution is 7.91. The Hall–Kier alpha value is -2.38. The highest BCUT2D eigenvalue weighted by Crippen LogP contribution is 2.15. The van der Waals surface area contributed by atoms with Crippen LogP contribution in [0.3, 0.4) is 0 Å². The Bertz CT molecular complexity index is 871. The number of sulfone groups is 1. The molecule has 0 fully saturated rings. The molecule has 2 unspecified atom stereocenters. The fraction of sp³-hybridized carbons (Fsp3) is 0.435. The summed E-state index contributed by atoms with van der Waals surface area (Å²) in [5.74, 6) is 0.618. The van der Waals surface area contributed by atoms with Crippen molar-refractivity contribution in [2.45, 2.75) is 43.7 Å². The molecular weight excluding hydrogens is 398 g/mol. The Morgan fingerprint density at radius 2 is 1.70 bits per heavy atom. The molecule has 0 saturated carbocycles. The van der Waals surface area contributed by atoms with E-state index in [2.05, 4.69) is 27.8 Å². The largest absolute Gasteiger partial charge is 0.374 e. The van der Waals surface area contributed by atoms with E-state index in [0.717, 1.165) is 12.0 Å². The van der Waals surface area contributed by atoms with Crippen molar-refractivity contribution in [3.05, 3.63) is 66.2 Å². The number of hydrogen-bond donors (Lipinski definition) is 2. The quantitative estimate of drug-likeness (QED) is 0.323. The lowest BCUT2D eigenvalue weighted by Gasteiger charge is -2.20. The second-order valence-corrected chi connectivity index (χ2v) is 9.15. The van der Waals surface area contributed by atoms with Crippen LogP contribution in [-0.2, 0) is 14.6 Å². The number of rotatable bonds is 11. The van der Waals surface area contributed by atoms with Crippen LogP contribution in [-0.4, -0.2) is 46.4 Å². The minimum Gasteiger partial charge on any atom is -0.374 e. The molecule has 0 aliphatic rings. The molecule has 2 N–H and O–H groups in total. The second-order valence-electron chi connectivity index (χ2n) is 7.12. The van der Waals surface area contributed by atoms with E-state index in [1.807, 2.05) is 38.1 Å². The van der Waals surface area contributed by atoms with Crippen LogP contribution in [0.15, 0.2) is 70.6 Å². The second kappa shape index (κ2) is 12.3. The number of hydrogen-bond acceptors (Lipinski definition) is 4. The van der Waals surface area contributed by atoms with Crippen LogP contribution in [0.4, 0.5) is 0 Å². The van der Waals surface area contributed by atoms with Gasteiger partial charge in [0.1, 0.15) is 0 Å². The number of nitrogens with one attached hydrogen (secondary N) is 2. The number of aliphatic imine (C=N–C) groups is 1. The molecule has 164 valence electrons. The standard InChI is InChI=1S/C23H33N3O3S/c1-4-21(18-30(27,28)22-14-9-6-10-15-22)26-23(24-3)25-16-11-17-29-19(2)20-12-7-5-8-13-20/h5-10,12-15,19,21H,4,11,16-18H2,1-3H3,(H2,24,25,26). The number of benzene rings is 2. The predicted molar refractivity (Wildman–Crippen MR) is 122 cm³/mol. The summed E-state index contributed by atoms with van der Waals surface area (Å²) in [4.78, 5) is 4.56. The van der Waals surface area contributed by atoms with Crippen LogP contribution in [0.25, 0.3) is 0 Å². The molecule has 0 aliphatic heterocycles. The van der Waals surface area contributed by atoms with Gasteiger partial charge >= 0.3 is 0 Å². The first-order valence-electron chi connectivity index (χ1n) is 10.4. The molecule has 6 nitrogen and oxygen atoms in total. The Balaban J connectivity index is 1.76. The van der Waals surface area contributed by atoms with Crippen LogP contribution in [0.2, 0.25) is 0 Å². The lowest BCUT2D eigenvalue weighted by Crippen LogP contribution is -2.46. The van der Waals surface area contributed by atoms with E-state index in [-0.39, 0.29) is 17.9 Å². The monoisotopic (exact) mass is 431 g/mol. The van der Waals surface area contributed by atoms with Gasteiger partial charge in [0.15, 0.2) is 15.8 Å². The zero-order valence-corrected chi connectivity index (χ0v) is 18.9. The molecule has 0 aliphatic carbocycles. The van der Waals surface area contributed by atoms with Crippen LogP contribution in [0, 0.1) is 0 Å². The van der Waals surface area contributed by atoms with Crippen molar-refractivity contribution in [2.75, 3.05) is 26.0 Å². The lowest BCUT2D eigenvalue weighted by atomic mass is 10.1. The molecule has 2 rings (SSSR count). The van der Waals surface area contributed by atoms with E-state index < -0.39 is 9.84 Å². The van der Waals surface area contributed by atoms with E-state index in [0.29, 0.717) is 30.4 Å². The van der Waals surface area contributed by atoms with E-state index >= 15 is 0 Å². The lowest BCUT2D eigenvalue weighted by molar-refractivity contribution is 0.0646. The Labute approximate surface area is 180 Å². The van der Waals surface area contributed by atoms with Gasteiger partial charge in [-0.05, 0) is 37.5 Å². The van der Waals surface area contributed by atoms with Gasteiger partial charge in [0.05, 0.1) is 16.8 Å². The van der Waals surface area contributed by atoms with Gasteiger partial charge in [0, 0.05) is 26.2 Å². The zero-order chi connectivity index (χ0) is 21.8. The first kappa shape index (κ1) is 23.9. The van der Waals surface area contributed by atoms with Crippen LogP contribution < -0.4 is 10.6 Å². The summed E-state index contributed by atoms with van der Waals surface area (Å²) in [6, 6.07) is 18.4. The molecule has 2 aromatic rings. The van der Waals surface area contributed by atoms with Crippen LogP contribution in [0.5, 0.6) is 0 Å². The van der Waals surface area contributed by atoms with Gasteiger partial charge < -0.3 is 15.4 Å². The van der Waals surface area contributed by atoms with Crippen molar-refractivity contribution < 1.29 is 13.2 Å². The fourth-order valence-corrected chi connectivity index (χ4v) is 4.61. The molecule has 0 spiro atoms. The van der Waals surface area contributed by atoms with E-state index in [1.54, 1.807) is 31.3 Å². The third kappa shape index (κ3) is 7.80. The maximum Gasteiger partial charge on any atom is 0.191 e. The van der Waals surface area contributed by atoms with Gasteiger partial charge in [-0.1, -0.05) is 55.5 Å². The number of ether oxygens (including phenoxy) is 1. The summed E-state index contributed by atoms with van der Waals surface area (Å²) in [6.07, 6.45) is 1.54. The summed E-state index contributed by atoms with van der Waals surface area (Å²) >= 11 is 0. The molecule has 7 heteroatoms. The van der Waals surface area contributed by atoms with Crippen molar-refractivity contribution in [3.63, 3.8) is 0 Å². The molecular formula is C23H33N3O3S. The first-order chi connectivity index (χ1) is 14.5. The predicted octanol–water partition coefficient (Wildman–Crippen LogP) is 3.57. The summed E-state index contributed by atoms with van der Waals surface area (Å²) in [5.41, 5.74) is 1.16. The van der Waals surface area contributed by atoms with Crippen molar-refractivity contribution in [3.8, 4) is 0 Å². The van der Waals surface area contributed by atoms with Crippen molar-refractivity contribution >= 4 is 15.8 Å². The van der Waals surface area contributed by atoms with Gasteiger partial charge in [-0.2, -0.15) is 0 Å². The van der Waals surface area contributed by atoms with Crippen molar-refractivity contribution in [2.24, 2.45) is 4.99 Å². The molecule has 0 saturated heterocycles. The Morgan fingerprint density at radius 3 is 2.30 bits per heavy atom. The maximum absolute atomic E-state index is 12.6. The summed E-state index contributed by atoms with van der Waals surface area (Å²) in [6.45, 7) is 5.31. The first-order valence-corrected chi connectivity index (χ1v) is 12.0. The normalized spacial score (nSPS) is 14.2. The highest BCUT2D eigenvalue weighted by Gasteiger charge is 2.20. The average molecular weight is 432 g/mol. The van der Waals surface area contributed by atoms with E-state index in [4.69, 9.17) is 4.74 Å². The topological polar surface area (TPSA) is 79.8 Å². The third-order valence-corrected chi connectivity index (χ3v) is 6.66. The molecule has 0 amide bonds. The summed E-state index contributed by atoms with van der Waals surface area (Å²) < 4.78 is 31.1. The third-order valence-electron chi connectivity index (χ3n) is 4.83. The highest BCUT2D eigenvalue weighted by atomic mass is 32.2. The van der Waals surface area contributed by atoms with Crippen molar-refractivity contribution in [1.29, 1.82) is 0 Å². The Morgan fingerprint density at radius 1 is 1.07 bits per heavy atom. The average Bonchev–Trinajstić information content (AvgIpc) is 2.78. The molecule has 2 atom stereocenters.